The molecule has 1 aromatic heterocycles. The number of aromatic nitrogens is 1. The molecule has 0 spiro atoms. The van der Waals surface area contributed by atoms with Gasteiger partial charge in [0.25, 0.3) is 0 Å². The molecule has 1 heterocycles. The molecule has 0 atom stereocenters. The van der Waals surface area contributed by atoms with Crippen molar-refractivity contribution < 1.29 is 13.2 Å². The molecule has 0 fully saturated rings. The number of pyridine rings is 1. The highest BCUT2D eigenvalue weighted by molar-refractivity contribution is 5.51. The number of halogens is 3. The van der Waals surface area contributed by atoms with Crippen LogP contribution in [0, 0.1) is 0 Å². The summed E-state index contributed by atoms with van der Waals surface area (Å²) in [6.07, 6.45) is -2.70. The first-order valence-corrected chi connectivity index (χ1v) is 6.43. The highest BCUT2D eigenvalue weighted by atomic mass is 19.4. The van der Waals surface area contributed by atoms with Crippen molar-refractivity contribution in [1.82, 2.24) is 4.98 Å². The van der Waals surface area contributed by atoms with Crippen LogP contribution in [0.2, 0.25) is 0 Å². The van der Waals surface area contributed by atoms with Gasteiger partial charge in [0, 0.05) is 25.5 Å². The molecule has 0 aliphatic heterocycles. The number of alkyl halides is 3. The summed E-state index contributed by atoms with van der Waals surface area (Å²) in [5.41, 5.74) is 6.37. The predicted molar refractivity (Wildman–Crippen MR) is 75.7 cm³/mol. The number of nitrogens with two attached hydrogens (primary N) is 1. The van der Waals surface area contributed by atoms with Crippen molar-refractivity contribution in [2.45, 2.75) is 19.3 Å². The van der Waals surface area contributed by atoms with E-state index in [1.54, 1.807) is 13.2 Å². The zero-order chi connectivity index (χ0) is 15.5. The smallest absolute Gasteiger partial charge is 0.369 e. The van der Waals surface area contributed by atoms with Crippen molar-refractivity contribution in [3.63, 3.8) is 0 Å². The van der Waals surface area contributed by atoms with Crippen molar-refractivity contribution in [2.24, 2.45) is 5.73 Å². The van der Waals surface area contributed by atoms with Crippen LogP contribution < -0.4 is 10.6 Å². The lowest BCUT2D eigenvalue weighted by atomic mass is 10.1. The summed E-state index contributed by atoms with van der Waals surface area (Å²) in [6, 6.07) is 9.55. The molecule has 21 heavy (non-hydrogen) atoms. The molecule has 2 rings (SSSR count). The SMILES string of the molecule is CN(Cc1ccccn1)c1ccc(C(F)(F)F)c(CN)c1. The maximum Gasteiger partial charge on any atom is 0.416 e. The summed E-state index contributed by atoms with van der Waals surface area (Å²) in [4.78, 5) is 6.03. The fourth-order valence-corrected chi connectivity index (χ4v) is 2.09. The maximum absolute atomic E-state index is 12.8. The van der Waals surface area contributed by atoms with E-state index in [1.807, 2.05) is 23.1 Å². The van der Waals surface area contributed by atoms with Gasteiger partial charge in [-0.2, -0.15) is 13.2 Å². The Morgan fingerprint density at radius 1 is 1.19 bits per heavy atom. The van der Waals surface area contributed by atoms with Gasteiger partial charge in [0.1, 0.15) is 0 Å². The first kappa shape index (κ1) is 15.3. The van der Waals surface area contributed by atoms with Gasteiger partial charge in [-0.1, -0.05) is 6.07 Å². The number of benzene rings is 1. The minimum atomic E-state index is -4.38. The summed E-state index contributed by atoms with van der Waals surface area (Å²) in [7, 11) is 1.80. The third-order valence-corrected chi connectivity index (χ3v) is 3.18. The second-order valence-electron chi connectivity index (χ2n) is 4.72. The lowest BCUT2D eigenvalue weighted by Crippen LogP contribution is -2.19. The molecule has 6 heteroatoms. The van der Waals surface area contributed by atoms with Crippen LogP contribution in [0.3, 0.4) is 0 Å². The summed E-state index contributed by atoms with van der Waals surface area (Å²) in [5, 5.41) is 0. The Morgan fingerprint density at radius 3 is 2.52 bits per heavy atom. The lowest BCUT2D eigenvalue weighted by molar-refractivity contribution is -0.138. The fourth-order valence-electron chi connectivity index (χ4n) is 2.09. The zero-order valence-electron chi connectivity index (χ0n) is 11.6. The second kappa shape index (κ2) is 6.13. The lowest BCUT2D eigenvalue weighted by Gasteiger charge is -2.21. The van der Waals surface area contributed by atoms with Crippen LogP contribution in [-0.4, -0.2) is 12.0 Å². The Bertz CT molecular complexity index is 597. The van der Waals surface area contributed by atoms with E-state index in [1.165, 1.54) is 12.1 Å². The van der Waals surface area contributed by atoms with Gasteiger partial charge < -0.3 is 10.6 Å². The molecule has 1 aromatic carbocycles. The second-order valence-corrected chi connectivity index (χ2v) is 4.72. The Hall–Kier alpha value is -2.08. The van der Waals surface area contributed by atoms with Gasteiger partial charge in [0.15, 0.2) is 0 Å². The highest BCUT2D eigenvalue weighted by Gasteiger charge is 2.33. The van der Waals surface area contributed by atoms with Gasteiger partial charge in [0.2, 0.25) is 0 Å². The molecular formula is C15H16F3N3. The van der Waals surface area contributed by atoms with Crippen LogP contribution in [0.5, 0.6) is 0 Å². The molecule has 0 saturated carbocycles. The van der Waals surface area contributed by atoms with E-state index in [0.29, 0.717) is 12.2 Å². The van der Waals surface area contributed by atoms with E-state index in [-0.39, 0.29) is 12.1 Å². The van der Waals surface area contributed by atoms with Gasteiger partial charge in [-0.05, 0) is 35.9 Å². The van der Waals surface area contributed by atoms with E-state index in [4.69, 9.17) is 5.73 Å². The number of hydrogen-bond donors (Lipinski definition) is 1. The Morgan fingerprint density at radius 2 is 1.95 bits per heavy atom. The number of rotatable bonds is 4. The van der Waals surface area contributed by atoms with Crippen molar-refractivity contribution >= 4 is 5.69 Å². The van der Waals surface area contributed by atoms with E-state index < -0.39 is 11.7 Å². The molecule has 112 valence electrons. The zero-order valence-corrected chi connectivity index (χ0v) is 11.6. The van der Waals surface area contributed by atoms with Crippen molar-refractivity contribution in [2.75, 3.05) is 11.9 Å². The minimum Gasteiger partial charge on any atom is -0.369 e. The molecular weight excluding hydrogens is 279 g/mol. The van der Waals surface area contributed by atoms with Crippen molar-refractivity contribution in [3.05, 3.63) is 59.4 Å². The largest absolute Gasteiger partial charge is 0.416 e. The molecule has 0 amide bonds. The molecule has 0 radical (unpaired) electrons. The normalized spacial score (nSPS) is 11.5. The van der Waals surface area contributed by atoms with E-state index in [0.717, 1.165) is 11.8 Å². The Kier molecular flexibility index (Phi) is 4.47. The number of anilines is 1. The summed E-state index contributed by atoms with van der Waals surface area (Å²) >= 11 is 0. The first-order valence-electron chi connectivity index (χ1n) is 6.43. The van der Waals surface area contributed by atoms with Gasteiger partial charge in [-0.15, -0.1) is 0 Å². The summed E-state index contributed by atoms with van der Waals surface area (Å²) in [6.45, 7) is 0.357. The van der Waals surface area contributed by atoms with E-state index >= 15 is 0 Å². The van der Waals surface area contributed by atoms with Crippen LogP contribution in [0.15, 0.2) is 42.6 Å². The number of nitrogens with zero attached hydrogens (tertiary/aromatic N) is 2. The molecule has 0 unspecified atom stereocenters. The minimum absolute atomic E-state index is 0.0906. The fraction of sp³-hybridized carbons (Fsp3) is 0.267. The van der Waals surface area contributed by atoms with Crippen LogP contribution in [0.4, 0.5) is 18.9 Å². The number of hydrogen-bond acceptors (Lipinski definition) is 3. The van der Waals surface area contributed by atoms with Crippen LogP contribution in [0.1, 0.15) is 16.8 Å². The standard InChI is InChI=1S/C15H16F3N3/c1-21(10-12-4-2-3-7-20-12)13-5-6-14(15(16,17)18)11(8-13)9-19/h2-8H,9-10,19H2,1H3. The maximum atomic E-state index is 12.8. The van der Waals surface area contributed by atoms with Crippen molar-refractivity contribution in [3.8, 4) is 0 Å². The topological polar surface area (TPSA) is 42.2 Å². The summed E-state index contributed by atoms with van der Waals surface area (Å²) < 4.78 is 38.5. The molecule has 3 nitrogen and oxygen atoms in total. The third-order valence-electron chi connectivity index (χ3n) is 3.18. The van der Waals surface area contributed by atoms with Gasteiger partial charge in [-0.25, -0.2) is 0 Å². The average molecular weight is 295 g/mol. The molecule has 2 aromatic rings. The predicted octanol–water partition coefficient (Wildman–Crippen LogP) is 3.20. The van der Waals surface area contributed by atoms with Crippen LogP contribution in [-0.2, 0) is 19.3 Å². The van der Waals surface area contributed by atoms with E-state index in [2.05, 4.69) is 4.98 Å². The molecule has 0 aliphatic carbocycles. The van der Waals surface area contributed by atoms with Crippen LogP contribution >= 0.6 is 0 Å². The molecule has 2 N–H and O–H groups in total. The highest BCUT2D eigenvalue weighted by Crippen LogP contribution is 2.33. The van der Waals surface area contributed by atoms with Gasteiger partial charge >= 0.3 is 6.18 Å². The Labute approximate surface area is 121 Å². The average Bonchev–Trinajstić information content (AvgIpc) is 2.46. The van der Waals surface area contributed by atoms with Crippen LogP contribution in [0.25, 0.3) is 0 Å². The van der Waals surface area contributed by atoms with Gasteiger partial charge in [0.05, 0.1) is 17.8 Å². The third kappa shape index (κ3) is 3.72. The van der Waals surface area contributed by atoms with Crippen molar-refractivity contribution in [1.29, 1.82) is 0 Å². The monoisotopic (exact) mass is 295 g/mol. The molecule has 0 aliphatic rings. The Balaban J connectivity index is 2.24. The van der Waals surface area contributed by atoms with Gasteiger partial charge in [-0.3, -0.25) is 4.98 Å². The summed E-state index contributed by atoms with van der Waals surface area (Å²) in [5.74, 6) is 0. The first-order chi connectivity index (χ1) is 9.91. The quantitative estimate of drug-likeness (QED) is 0.942. The van der Waals surface area contributed by atoms with E-state index in [9.17, 15) is 13.2 Å². The molecule has 0 saturated heterocycles. The molecule has 0 bridgehead atoms.